The summed E-state index contributed by atoms with van der Waals surface area (Å²) >= 11 is 0. The van der Waals surface area contributed by atoms with E-state index in [0.717, 1.165) is 5.84 Å². The minimum atomic E-state index is -0.279. The van der Waals surface area contributed by atoms with E-state index in [1.54, 1.807) is 4.90 Å². The molecule has 0 amide bonds. The molecule has 0 aromatic carbocycles. The monoisotopic (exact) mass is 271 g/mol. The first-order chi connectivity index (χ1) is 9.67. The SMILES string of the molecule is COC(=O)CCC1=NC2=CC=CC3=NC(C)=NC(=N1)N23. The highest BCUT2D eigenvalue weighted by Crippen LogP contribution is 2.23. The summed E-state index contributed by atoms with van der Waals surface area (Å²) < 4.78 is 4.62. The highest BCUT2D eigenvalue weighted by molar-refractivity contribution is 6.20. The second kappa shape index (κ2) is 4.84. The highest BCUT2D eigenvalue weighted by atomic mass is 16.5. The van der Waals surface area contributed by atoms with Crippen molar-refractivity contribution >= 4 is 29.4 Å². The fourth-order valence-electron chi connectivity index (χ4n) is 2.03. The van der Waals surface area contributed by atoms with Gasteiger partial charge in [0.2, 0.25) is 5.96 Å². The van der Waals surface area contributed by atoms with Crippen LogP contribution in [0.4, 0.5) is 0 Å². The Kier molecular flexibility index (Phi) is 3.02. The van der Waals surface area contributed by atoms with Gasteiger partial charge in [0.05, 0.1) is 13.5 Å². The van der Waals surface area contributed by atoms with Crippen LogP contribution < -0.4 is 0 Å². The van der Waals surface area contributed by atoms with Crippen LogP contribution in [0.5, 0.6) is 0 Å². The first-order valence-electron chi connectivity index (χ1n) is 6.23. The molecule has 3 aliphatic heterocycles. The van der Waals surface area contributed by atoms with Crippen LogP contribution in [0, 0.1) is 0 Å². The number of methoxy groups -OCH3 is 1. The number of allylic oxidation sites excluding steroid dienone is 2. The third-order valence-electron chi connectivity index (χ3n) is 2.94. The van der Waals surface area contributed by atoms with Gasteiger partial charge in [-0.25, -0.2) is 14.9 Å². The van der Waals surface area contributed by atoms with Gasteiger partial charge in [0, 0.05) is 6.42 Å². The minimum absolute atomic E-state index is 0.249. The largest absolute Gasteiger partial charge is 0.469 e. The number of ether oxygens (including phenoxy) is 1. The Labute approximate surface area is 115 Å². The van der Waals surface area contributed by atoms with Crippen molar-refractivity contribution in [3.8, 4) is 0 Å². The summed E-state index contributed by atoms with van der Waals surface area (Å²) in [6.07, 6.45) is 6.30. The molecule has 7 nitrogen and oxygen atoms in total. The summed E-state index contributed by atoms with van der Waals surface area (Å²) in [6.45, 7) is 1.82. The molecule has 3 aliphatic rings. The van der Waals surface area contributed by atoms with Crippen LogP contribution in [0.25, 0.3) is 0 Å². The first kappa shape index (κ1) is 12.5. The highest BCUT2D eigenvalue weighted by Gasteiger charge is 2.29. The van der Waals surface area contributed by atoms with E-state index < -0.39 is 0 Å². The van der Waals surface area contributed by atoms with Crippen molar-refractivity contribution in [3.63, 3.8) is 0 Å². The van der Waals surface area contributed by atoms with Crippen LogP contribution in [-0.2, 0) is 9.53 Å². The van der Waals surface area contributed by atoms with E-state index in [9.17, 15) is 4.79 Å². The van der Waals surface area contributed by atoms with E-state index in [1.165, 1.54) is 7.11 Å². The van der Waals surface area contributed by atoms with Crippen molar-refractivity contribution in [2.45, 2.75) is 19.8 Å². The smallest absolute Gasteiger partial charge is 0.305 e. The molecule has 0 aromatic rings. The van der Waals surface area contributed by atoms with E-state index >= 15 is 0 Å². The molecule has 0 saturated heterocycles. The lowest BCUT2D eigenvalue weighted by Crippen LogP contribution is -2.41. The van der Waals surface area contributed by atoms with Crippen LogP contribution in [0.15, 0.2) is 44.0 Å². The molecule has 0 radical (unpaired) electrons. The van der Waals surface area contributed by atoms with Crippen LogP contribution in [0.1, 0.15) is 19.8 Å². The first-order valence-corrected chi connectivity index (χ1v) is 6.23. The fraction of sp³-hybridized carbons (Fsp3) is 0.308. The van der Waals surface area contributed by atoms with Crippen molar-refractivity contribution in [3.05, 3.63) is 24.0 Å². The van der Waals surface area contributed by atoms with Gasteiger partial charge >= 0.3 is 5.97 Å². The number of amidine groups is 3. The number of aliphatic imine (C=N–C) groups is 4. The molecule has 0 unspecified atom stereocenters. The molecule has 0 saturated carbocycles. The lowest BCUT2D eigenvalue weighted by Gasteiger charge is -2.30. The summed E-state index contributed by atoms with van der Waals surface area (Å²) in [5.74, 6) is 2.95. The normalized spacial score (nSPS) is 19.3. The van der Waals surface area contributed by atoms with Crippen LogP contribution >= 0.6 is 0 Å². The van der Waals surface area contributed by atoms with Gasteiger partial charge in [0.15, 0.2) is 0 Å². The number of carbonyl (C=O) groups is 1. The summed E-state index contributed by atoms with van der Waals surface area (Å²) in [7, 11) is 1.37. The van der Waals surface area contributed by atoms with E-state index in [1.807, 2.05) is 25.2 Å². The summed E-state index contributed by atoms with van der Waals surface area (Å²) in [4.78, 5) is 30.4. The Bertz CT molecular complexity index is 652. The molecular formula is C13H13N5O2. The molecule has 3 heterocycles. The number of hydrogen-bond acceptors (Lipinski definition) is 7. The second-order valence-corrected chi connectivity index (χ2v) is 4.36. The van der Waals surface area contributed by atoms with Gasteiger partial charge in [-0.3, -0.25) is 4.79 Å². The van der Waals surface area contributed by atoms with Gasteiger partial charge in [-0.1, -0.05) is 6.08 Å². The Morgan fingerprint density at radius 2 is 2.15 bits per heavy atom. The average molecular weight is 271 g/mol. The number of rotatable bonds is 3. The zero-order valence-corrected chi connectivity index (χ0v) is 11.2. The second-order valence-electron chi connectivity index (χ2n) is 4.36. The molecule has 102 valence electrons. The zero-order valence-electron chi connectivity index (χ0n) is 11.2. The number of hydrogen-bond donors (Lipinski definition) is 0. The van der Waals surface area contributed by atoms with Crippen LogP contribution in [0.2, 0.25) is 0 Å². The Balaban J connectivity index is 1.90. The average Bonchev–Trinajstić information content (AvgIpc) is 2.44. The quantitative estimate of drug-likeness (QED) is 0.725. The standard InChI is InChI=1S/C13H13N5O2/c1-8-14-10-4-3-5-11-16-9(6-7-12(19)20-2)17-13(15-8)18(10)11/h3-5H,6-7H2,1-2H3. The minimum Gasteiger partial charge on any atom is -0.469 e. The predicted molar refractivity (Wildman–Crippen MR) is 75.7 cm³/mol. The maximum atomic E-state index is 11.2. The van der Waals surface area contributed by atoms with Crippen molar-refractivity contribution in [1.82, 2.24) is 4.90 Å². The number of nitrogens with zero attached hydrogens (tertiary/aromatic N) is 5. The van der Waals surface area contributed by atoms with E-state index in [2.05, 4.69) is 24.7 Å². The van der Waals surface area contributed by atoms with Crippen molar-refractivity contribution in [2.75, 3.05) is 7.11 Å². The molecule has 20 heavy (non-hydrogen) atoms. The van der Waals surface area contributed by atoms with Gasteiger partial charge < -0.3 is 4.74 Å². The van der Waals surface area contributed by atoms with Gasteiger partial charge in [0.1, 0.15) is 23.3 Å². The molecule has 0 aliphatic carbocycles. The Morgan fingerprint density at radius 1 is 1.30 bits per heavy atom. The molecule has 7 heteroatoms. The summed E-state index contributed by atoms with van der Waals surface area (Å²) in [5.41, 5.74) is 0. The van der Waals surface area contributed by atoms with Crippen molar-refractivity contribution in [1.29, 1.82) is 0 Å². The number of guanidine groups is 1. The van der Waals surface area contributed by atoms with E-state index in [-0.39, 0.29) is 12.4 Å². The molecular weight excluding hydrogens is 258 g/mol. The third kappa shape index (κ3) is 2.18. The lowest BCUT2D eigenvalue weighted by molar-refractivity contribution is -0.140. The van der Waals surface area contributed by atoms with E-state index in [4.69, 9.17) is 0 Å². The molecule has 0 spiro atoms. The summed E-state index contributed by atoms with van der Waals surface area (Å²) in [6, 6.07) is 0. The van der Waals surface area contributed by atoms with Gasteiger partial charge in [0.25, 0.3) is 0 Å². The van der Waals surface area contributed by atoms with E-state index in [0.29, 0.717) is 29.9 Å². The maximum absolute atomic E-state index is 11.2. The fourth-order valence-corrected chi connectivity index (χ4v) is 2.03. The topological polar surface area (TPSA) is 79.0 Å². The molecule has 3 rings (SSSR count). The van der Waals surface area contributed by atoms with Gasteiger partial charge in [-0.15, -0.1) is 0 Å². The molecule has 0 N–H and O–H groups in total. The van der Waals surface area contributed by atoms with Crippen molar-refractivity contribution in [2.24, 2.45) is 20.0 Å². The van der Waals surface area contributed by atoms with Crippen LogP contribution in [-0.4, -0.2) is 41.4 Å². The van der Waals surface area contributed by atoms with Gasteiger partial charge in [-0.05, 0) is 19.1 Å². The van der Waals surface area contributed by atoms with Gasteiger partial charge in [-0.2, -0.15) is 9.98 Å². The zero-order chi connectivity index (χ0) is 14.1. The Hall–Kier alpha value is -2.57. The summed E-state index contributed by atoms with van der Waals surface area (Å²) in [5, 5.41) is 0. The van der Waals surface area contributed by atoms with Crippen LogP contribution in [0.3, 0.4) is 0 Å². The number of carbonyl (C=O) groups excluding carboxylic acids is 1. The van der Waals surface area contributed by atoms with Crippen molar-refractivity contribution < 1.29 is 9.53 Å². The molecule has 0 fully saturated rings. The maximum Gasteiger partial charge on any atom is 0.305 e. The molecule has 0 bridgehead atoms. The molecule has 0 atom stereocenters. The molecule has 0 aromatic heterocycles. The third-order valence-corrected chi connectivity index (χ3v) is 2.94. The number of esters is 1. The Morgan fingerprint density at radius 3 is 2.95 bits per heavy atom. The lowest BCUT2D eigenvalue weighted by atomic mass is 10.2. The predicted octanol–water partition coefficient (Wildman–Crippen LogP) is 1.25.